The van der Waals surface area contributed by atoms with Crippen molar-refractivity contribution >= 4 is 18.2 Å². The van der Waals surface area contributed by atoms with Crippen LogP contribution in [0.3, 0.4) is 0 Å². The normalized spacial score (nSPS) is 54.7. The first-order valence-electron chi connectivity index (χ1n) is 15.5. The first-order chi connectivity index (χ1) is 19.8. The predicted octanol–water partition coefficient (Wildman–Crippen LogP) is 1.89. The molecule has 0 aromatic carbocycles. The molecule has 0 radical (unpaired) electrons. The lowest BCUT2D eigenvalue weighted by atomic mass is 9.42. The maximum atomic E-state index is 13.3. The molecule has 2 unspecified atom stereocenters. The number of aldehydes is 1. The van der Waals surface area contributed by atoms with Crippen molar-refractivity contribution in [1.29, 1.82) is 0 Å². The molecule has 4 saturated carbocycles. The molecule has 0 amide bonds. The molecule has 11 heteroatoms. The minimum Gasteiger partial charge on any atom is -0.456 e. The van der Waals surface area contributed by atoms with Crippen LogP contribution in [0.4, 0.5) is 0 Å². The van der Waals surface area contributed by atoms with E-state index < -0.39 is 64.8 Å². The zero-order valence-corrected chi connectivity index (χ0v) is 24.4. The second-order valence-corrected chi connectivity index (χ2v) is 14.3. The highest BCUT2D eigenvalue weighted by molar-refractivity contribution is 5.76. The highest BCUT2D eigenvalue weighted by Crippen LogP contribution is 2.70. The number of carbonyl (C=O) groups excluding carboxylic acids is 3. The van der Waals surface area contributed by atoms with Crippen LogP contribution in [-0.4, -0.2) is 81.7 Å². The molecular weight excluding hydrogens is 548 g/mol. The van der Waals surface area contributed by atoms with Crippen molar-refractivity contribution in [1.82, 2.24) is 0 Å². The van der Waals surface area contributed by atoms with Gasteiger partial charge in [0.1, 0.15) is 6.29 Å². The zero-order chi connectivity index (χ0) is 29.8. The summed E-state index contributed by atoms with van der Waals surface area (Å²) >= 11 is 0. The molecule has 7 aliphatic rings. The van der Waals surface area contributed by atoms with Gasteiger partial charge in [0.05, 0.1) is 42.7 Å². The summed E-state index contributed by atoms with van der Waals surface area (Å²) in [7, 11) is 0. The van der Waals surface area contributed by atoms with Crippen LogP contribution in [0, 0.1) is 34.5 Å². The largest absolute Gasteiger partial charge is 0.456 e. The number of carbonyl (C=O) groups is 3. The summed E-state index contributed by atoms with van der Waals surface area (Å²) in [5.41, 5.74) is -2.00. The molecular formula is C31H42O11. The van der Waals surface area contributed by atoms with Gasteiger partial charge in [-0.3, -0.25) is 9.59 Å². The summed E-state index contributed by atoms with van der Waals surface area (Å²) < 4.78 is 29.2. The molecule has 0 aromatic rings. The quantitative estimate of drug-likeness (QED) is 0.250. The van der Waals surface area contributed by atoms with Crippen molar-refractivity contribution in [2.24, 2.45) is 34.5 Å². The second kappa shape index (κ2) is 9.55. The van der Waals surface area contributed by atoms with Crippen molar-refractivity contribution in [3.8, 4) is 0 Å². The van der Waals surface area contributed by atoms with Crippen molar-refractivity contribution in [2.75, 3.05) is 0 Å². The van der Waals surface area contributed by atoms with Crippen LogP contribution < -0.4 is 0 Å². The van der Waals surface area contributed by atoms with Gasteiger partial charge in [0.15, 0.2) is 6.10 Å². The first-order valence-corrected chi connectivity index (χ1v) is 15.5. The zero-order valence-electron chi connectivity index (χ0n) is 24.4. The number of hydrogen-bond acceptors (Lipinski definition) is 11. The average Bonchev–Trinajstić information content (AvgIpc) is 3.42. The van der Waals surface area contributed by atoms with Crippen LogP contribution in [0.2, 0.25) is 0 Å². The molecule has 7 rings (SSSR count). The number of rotatable bonds is 3. The van der Waals surface area contributed by atoms with Crippen molar-refractivity contribution in [3.63, 3.8) is 0 Å². The Morgan fingerprint density at radius 3 is 2.57 bits per heavy atom. The maximum absolute atomic E-state index is 13.3. The van der Waals surface area contributed by atoms with E-state index >= 15 is 0 Å². The Balaban J connectivity index is 1.18. The highest BCUT2D eigenvalue weighted by Gasteiger charge is 2.72. The number of ether oxygens (including phenoxy) is 5. The summed E-state index contributed by atoms with van der Waals surface area (Å²) in [6, 6.07) is 0. The fraction of sp³-hybridized carbons (Fsp3) is 0.839. The lowest BCUT2D eigenvalue weighted by molar-refractivity contribution is -0.457. The Hall–Kier alpha value is -1.89. The topological polar surface area (TPSA) is 158 Å². The van der Waals surface area contributed by atoms with Gasteiger partial charge in [-0.2, -0.15) is 0 Å². The highest BCUT2D eigenvalue weighted by atomic mass is 16.8. The molecule has 3 N–H and O–H groups in total. The monoisotopic (exact) mass is 590 g/mol. The molecule has 14 atom stereocenters. The Morgan fingerprint density at radius 1 is 1.10 bits per heavy atom. The van der Waals surface area contributed by atoms with Crippen molar-refractivity contribution in [3.05, 3.63) is 11.8 Å². The predicted molar refractivity (Wildman–Crippen MR) is 142 cm³/mol. The van der Waals surface area contributed by atoms with Gasteiger partial charge in [0.25, 0.3) is 5.79 Å². The first kappa shape index (κ1) is 28.9. The van der Waals surface area contributed by atoms with Crippen LogP contribution in [-0.2, 0) is 38.1 Å². The number of fused-ring (bicyclic) bond motifs is 7. The summed E-state index contributed by atoms with van der Waals surface area (Å²) in [4.78, 5) is 37.0. The van der Waals surface area contributed by atoms with Gasteiger partial charge in [-0.15, -0.1) is 0 Å². The van der Waals surface area contributed by atoms with Gasteiger partial charge in [-0.25, -0.2) is 0 Å². The minimum atomic E-state index is -2.01. The molecule has 3 aliphatic heterocycles. The minimum absolute atomic E-state index is 0.00350. The van der Waals surface area contributed by atoms with Crippen LogP contribution in [0.5, 0.6) is 0 Å². The van der Waals surface area contributed by atoms with E-state index in [1.807, 2.05) is 13.8 Å². The van der Waals surface area contributed by atoms with Crippen LogP contribution >= 0.6 is 0 Å². The summed E-state index contributed by atoms with van der Waals surface area (Å²) in [5, 5.41) is 35.5. The third-order valence-electron chi connectivity index (χ3n) is 12.4. The number of hydrogen-bond donors (Lipinski definition) is 3. The molecule has 3 heterocycles. The Morgan fingerprint density at radius 2 is 1.88 bits per heavy atom. The third kappa shape index (κ3) is 3.83. The standard InChI is InChI=1S/C31H42O11/c1-15-8-24(40-16(2)33)31(37)27(39-15)41-22-10-18-4-5-20-19(29(18,14-32)12-23(22)42-31)6-7-28(3)26(17-9-25(35)38-13-17)21(34)11-30(20,28)36/h13-15,18-24,26-27,34,36-37H,4-12H2,1-3H3/t15-,18+,19+,20?,21-,22-,23-,24-,26+,27+,28-,29-,30+,31?/m1/s1. The lowest BCUT2D eigenvalue weighted by Gasteiger charge is -2.64. The molecule has 0 spiro atoms. The van der Waals surface area contributed by atoms with Gasteiger partial charge in [-0.1, -0.05) is 6.92 Å². The van der Waals surface area contributed by atoms with E-state index in [0.717, 1.165) is 11.9 Å². The van der Waals surface area contributed by atoms with Crippen LogP contribution in [0.15, 0.2) is 11.8 Å². The van der Waals surface area contributed by atoms with E-state index in [-0.39, 0.29) is 49.1 Å². The van der Waals surface area contributed by atoms with E-state index in [0.29, 0.717) is 38.5 Å². The SMILES string of the molecule is CC(=O)O[C@@H]1C[C@@H](C)O[C@H]2O[C@@H]3C[C@@H]4CCC5[C@H](CC[C@]6(C)[C@@H](C7=COC(=O)C7)[C@H](O)C[C@]56O)[C@@]4(C=O)C[C@H]3OC21O. The van der Waals surface area contributed by atoms with E-state index in [1.54, 1.807) is 0 Å². The van der Waals surface area contributed by atoms with E-state index in [4.69, 9.17) is 23.7 Å². The van der Waals surface area contributed by atoms with Crippen LogP contribution in [0.1, 0.15) is 78.6 Å². The van der Waals surface area contributed by atoms with E-state index in [9.17, 15) is 29.7 Å². The lowest BCUT2D eigenvalue weighted by Crippen LogP contribution is -2.71. The molecule has 2 saturated heterocycles. The van der Waals surface area contributed by atoms with Gasteiger partial charge in [0.2, 0.25) is 6.29 Å². The number of aliphatic hydroxyl groups is 3. The summed E-state index contributed by atoms with van der Waals surface area (Å²) in [6.07, 6.45) is 2.23. The molecule has 232 valence electrons. The molecule has 11 nitrogen and oxygen atoms in total. The second-order valence-electron chi connectivity index (χ2n) is 14.3. The molecule has 4 aliphatic carbocycles. The molecule has 0 aromatic heterocycles. The smallest absolute Gasteiger partial charge is 0.314 e. The average molecular weight is 591 g/mol. The van der Waals surface area contributed by atoms with Crippen LogP contribution in [0.25, 0.3) is 0 Å². The van der Waals surface area contributed by atoms with Gasteiger partial charge >= 0.3 is 11.9 Å². The van der Waals surface area contributed by atoms with E-state index in [1.165, 1.54) is 13.2 Å². The number of aliphatic hydroxyl groups excluding tert-OH is 1. The summed E-state index contributed by atoms with van der Waals surface area (Å²) in [5.74, 6) is -3.70. The van der Waals surface area contributed by atoms with Gasteiger partial charge in [0, 0.05) is 36.5 Å². The fourth-order valence-corrected chi connectivity index (χ4v) is 10.6. The van der Waals surface area contributed by atoms with Crippen molar-refractivity contribution in [2.45, 2.75) is 127 Å². The van der Waals surface area contributed by atoms with Crippen molar-refractivity contribution < 1.29 is 53.4 Å². The maximum Gasteiger partial charge on any atom is 0.314 e. The Kier molecular flexibility index (Phi) is 6.56. The number of esters is 2. The Labute approximate surface area is 244 Å². The summed E-state index contributed by atoms with van der Waals surface area (Å²) in [6.45, 7) is 5.11. The van der Waals surface area contributed by atoms with E-state index in [2.05, 4.69) is 0 Å². The fourth-order valence-electron chi connectivity index (χ4n) is 10.6. The van der Waals surface area contributed by atoms with Gasteiger partial charge in [-0.05, 0) is 68.8 Å². The molecule has 42 heavy (non-hydrogen) atoms. The molecule has 0 bridgehead atoms. The Bertz CT molecular complexity index is 1200. The molecule has 6 fully saturated rings. The third-order valence-corrected chi connectivity index (χ3v) is 12.4. The number of cyclic esters (lactones) is 1. The van der Waals surface area contributed by atoms with Gasteiger partial charge < -0.3 is 43.8 Å².